The van der Waals surface area contributed by atoms with Gasteiger partial charge in [-0.2, -0.15) is 0 Å². The zero-order chi connectivity index (χ0) is 20.0. The van der Waals surface area contributed by atoms with Gasteiger partial charge in [0.15, 0.2) is 16.4 Å². The summed E-state index contributed by atoms with van der Waals surface area (Å²) in [4.78, 5) is 36.5. The highest BCUT2D eigenvalue weighted by molar-refractivity contribution is 7.91. The Labute approximate surface area is 157 Å². The van der Waals surface area contributed by atoms with Crippen molar-refractivity contribution in [2.24, 2.45) is 5.73 Å². The van der Waals surface area contributed by atoms with Gasteiger partial charge in [-0.3, -0.25) is 4.79 Å². The molecule has 0 saturated carbocycles. The van der Waals surface area contributed by atoms with E-state index in [0.29, 0.717) is 13.0 Å². The fourth-order valence-corrected chi connectivity index (χ4v) is 4.63. The Morgan fingerprint density at radius 1 is 1.26 bits per heavy atom. The second kappa shape index (κ2) is 8.85. The second-order valence-electron chi connectivity index (χ2n) is 6.23. The molecule has 1 atom stereocenters. The van der Waals surface area contributed by atoms with Gasteiger partial charge in [0.2, 0.25) is 0 Å². The monoisotopic (exact) mass is 397 g/mol. The lowest BCUT2D eigenvalue weighted by atomic mass is 10.1. The van der Waals surface area contributed by atoms with E-state index in [2.05, 4.69) is 5.32 Å². The third kappa shape index (κ3) is 5.95. The Balaban J connectivity index is 1.88. The first-order valence-corrected chi connectivity index (χ1v) is 10.3. The van der Waals surface area contributed by atoms with E-state index in [1.165, 1.54) is 17.0 Å². The predicted octanol–water partition coefficient (Wildman–Crippen LogP) is 0.0473. The topological polar surface area (TPSA) is 136 Å². The summed E-state index contributed by atoms with van der Waals surface area (Å²) in [5, 5.41) is 2.43. The average molecular weight is 397 g/mol. The molecular formula is C17H23N3O6S. The molecule has 0 aromatic heterocycles. The van der Waals surface area contributed by atoms with Crippen LogP contribution in [0, 0.1) is 0 Å². The molecule has 9 nitrogen and oxygen atoms in total. The van der Waals surface area contributed by atoms with Gasteiger partial charge >= 0.3 is 12.0 Å². The van der Waals surface area contributed by atoms with Gasteiger partial charge in [0.1, 0.15) is 0 Å². The van der Waals surface area contributed by atoms with Crippen LogP contribution in [-0.2, 0) is 25.9 Å². The van der Waals surface area contributed by atoms with Gasteiger partial charge in [-0.05, 0) is 31.0 Å². The van der Waals surface area contributed by atoms with Crippen molar-refractivity contribution in [1.29, 1.82) is 0 Å². The predicted molar refractivity (Wildman–Crippen MR) is 97.6 cm³/mol. The first-order valence-electron chi connectivity index (χ1n) is 8.51. The summed E-state index contributed by atoms with van der Waals surface area (Å²) in [6, 6.07) is 5.29. The first kappa shape index (κ1) is 20.7. The number of nitrogens with two attached hydrogens (primary N) is 1. The maximum absolute atomic E-state index is 12.3. The number of sulfone groups is 1. The van der Waals surface area contributed by atoms with E-state index < -0.39 is 34.4 Å². The Bertz CT molecular complexity index is 806. The Morgan fingerprint density at radius 3 is 2.44 bits per heavy atom. The minimum Gasteiger partial charge on any atom is -0.452 e. The average Bonchev–Trinajstić information content (AvgIpc) is 2.98. The van der Waals surface area contributed by atoms with Gasteiger partial charge in [0.25, 0.3) is 5.91 Å². The summed E-state index contributed by atoms with van der Waals surface area (Å²) >= 11 is 0. The molecule has 2 rings (SSSR count). The van der Waals surface area contributed by atoms with Crippen LogP contribution in [0.15, 0.2) is 24.3 Å². The molecular weight excluding hydrogens is 374 g/mol. The summed E-state index contributed by atoms with van der Waals surface area (Å²) < 4.78 is 28.2. The van der Waals surface area contributed by atoms with E-state index in [1.54, 1.807) is 19.1 Å². The largest absolute Gasteiger partial charge is 0.452 e. The van der Waals surface area contributed by atoms with Gasteiger partial charge < -0.3 is 20.7 Å². The molecule has 1 aliphatic rings. The van der Waals surface area contributed by atoms with Crippen molar-refractivity contribution in [2.45, 2.75) is 25.9 Å². The molecule has 1 aromatic carbocycles. The smallest absolute Gasteiger partial charge is 0.338 e. The number of hydrogen-bond acceptors (Lipinski definition) is 6. The highest BCUT2D eigenvalue weighted by atomic mass is 32.2. The molecule has 1 heterocycles. The molecule has 3 amide bonds. The van der Waals surface area contributed by atoms with Crippen molar-refractivity contribution in [3.05, 3.63) is 35.4 Å². The summed E-state index contributed by atoms with van der Waals surface area (Å²) in [5.74, 6) is -1.07. The molecule has 27 heavy (non-hydrogen) atoms. The van der Waals surface area contributed by atoms with E-state index >= 15 is 0 Å². The summed E-state index contributed by atoms with van der Waals surface area (Å²) in [6.07, 6.45) is 0.399. The summed E-state index contributed by atoms with van der Waals surface area (Å²) in [7, 11) is -3.11. The fraction of sp³-hybridized carbons (Fsp3) is 0.471. The number of hydrogen-bond donors (Lipinski definition) is 2. The number of amides is 3. The summed E-state index contributed by atoms with van der Waals surface area (Å²) in [5.41, 5.74) is 6.00. The quantitative estimate of drug-likeness (QED) is 0.624. The van der Waals surface area contributed by atoms with Crippen molar-refractivity contribution in [3.63, 3.8) is 0 Å². The normalized spacial score (nSPS) is 17.9. The number of likely N-dealkylation sites (N-methyl/N-ethyl adjacent to an activating group) is 1. The van der Waals surface area contributed by atoms with Crippen molar-refractivity contribution in [1.82, 2.24) is 10.2 Å². The lowest BCUT2D eigenvalue weighted by Crippen LogP contribution is -2.43. The molecule has 1 aliphatic heterocycles. The van der Waals surface area contributed by atoms with Crippen LogP contribution in [0.1, 0.15) is 29.3 Å². The number of esters is 1. The van der Waals surface area contributed by atoms with Crippen molar-refractivity contribution in [2.75, 3.05) is 24.7 Å². The van der Waals surface area contributed by atoms with E-state index in [0.717, 1.165) is 5.56 Å². The second-order valence-corrected chi connectivity index (χ2v) is 8.46. The zero-order valence-electron chi connectivity index (χ0n) is 15.0. The van der Waals surface area contributed by atoms with Crippen LogP contribution in [0.5, 0.6) is 0 Å². The zero-order valence-corrected chi connectivity index (χ0v) is 15.8. The lowest BCUT2D eigenvalue weighted by Gasteiger charge is -2.26. The molecule has 1 fully saturated rings. The maximum atomic E-state index is 12.3. The number of carbonyl (C=O) groups is 3. The number of carbonyl (C=O) groups excluding carboxylic acids is 3. The van der Waals surface area contributed by atoms with Crippen LogP contribution >= 0.6 is 0 Å². The minimum absolute atomic E-state index is 0.0542. The number of ether oxygens (including phenoxy) is 1. The third-order valence-electron chi connectivity index (χ3n) is 4.29. The SMILES string of the molecule is CCN(C(=O)COC(=O)c1ccc(CNC(N)=O)cc1)C1CCS(=O)(=O)C1. The molecule has 0 radical (unpaired) electrons. The van der Waals surface area contributed by atoms with Crippen LogP contribution in [0.25, 0.3) is 0 Å². The molecule has 10 heteroatoms. The van der Waals surface area contributed by atoms with E-state index in [4.69, 9.17) is 10.5 Å². The Hall–Kier alpha value is -2.62. The Morgan fingerprint density at radius 2 is 1.93 bits per heavy atom. The minimum atomic E-state index is -3.11. The van der Waals surface area contributed by atoms with Gasteiger partial charge in [0.05, 0.1) is 17.1 Å². The fourth-order valence-electron chi connectivity index (χ4n) is 2.90. The number of benzene rings is 1. The molecule has 3 N–H and O–H groups in total. The third-order valence-corrected chi connectivity index (χ3v) is 6.04. The highest BCUT2D eigenvalue weighted by Gasteiger charge is 2.34. The summed E-state index contributed by atoms with van der Waals surface area (Å²) in [6.45, 7) is 1.88. The molecule has 0 bridgehead atoms. The molecule has 1 aromatic rings. The molecule has 0 spiro atoms. The number of primary amides is 1. The Kier molecular flexibility index (Phi) is 6.78. The van der Waals surface area contributed by atoms with Crippen LogP contribution in [0.2, 0.25) is 0 Å². The van der Waals surface area contributed by atoms with Gasteiger partial charge in [-0.1, -0.05) is 12.1 Å². The number of nitrogens with one attached hydrogen (secondary N) is 1. The van der Waals surface area contributed by atoms with Gasteiger partial charge in [-0.15, -0.1) is 0 Å². The molecule has 0 aliphatic carbocycles. The molecule has 1 saturated heterocycles. The van der Waals surface area contributed by atoms with Crippen molar-refractivity contribution >= 4 is 27.7 Å². The first-order chi connectivity index (χ1) is 12.7. The van der Waals surface area contributed by atoms with Crippen molar-refractivity contribution < 1.29 is 27.5 Å². The van der Waals surface area contributed by atoms with Crippen LogP contribution in [0.4, 0.5) is 4.79 Å². The van der Waals surface area contributed by atoms with Crippen LogP contribution < -0.4 is 11.1 Å². The number of urea groups is 1. The van der Waals surface area contributed by atoms with Gasteiger partial charge in [-0.25, -0.2) is 18.0 Å². The van der Waals surface area contributed by atoms with E-state index in [9.17, 15) is 22.8 Å². The standard InChI is InChI=1S/C17H23N3O6S/c1-2-20(14-7-8-27(24,25)11-14)15(21)10-26-16(22)13-5-3-12(4-6-13)9-19-17(18)23/h3-6,14H,2,7-11H2,1H3,(H3,18,19,23). The van der Waals surface area contributed by atoms with Crippen LogP contribution in [0.3, 0.4) is 0 Å². The number of nitrogens with zero attached hydrogens (tertiary/aromatic N) is 1. The molecule has 148 valence electrons. The maximum Gasteiger partial charge on any atom is 0.338 e. The van der Waals surface area contributed by atoms with E-state index in [-0.39, 0.29) is 29.7 Å². The molecule has 1 unspecified atom stereocenters. The van der Waals surface area contributed by atoms with E-state index in [1.807, 2.05) is 0 Å². The number of rotatable bonds is 7. The van der Waals surface area contributed by atoms with Gasteiger partial charge in [0, 0.05) is 19.1 Å². The van der Waals surface area contributed by atoms with Crippen LogP contribution in [-0.4, -0.2) is 61.9 Å². The lowest BCUT2D eigenvalue weighted by molar-refractivity contribution is -0.136. The highest BCUT2D eigenvalue weighted by Crippen LogP contribution is 2.18. The van der Waals surface area contributed by atoms with Crippen molar-refractivity contribution in [3.8, 4) is 0 Å².